The third-order valence-corrected chi connectivity index (χ3v) is 7.85. The Morgan fingerprint density at radius 2 is 1.90 bits per heavy atom. The van der Waals surface area contributed by atoms with Crippen molar-refractivity contribution in [2.24, 2.45) is 0 Å². The van der Waals surface area contributed by atoms with Crippen LogP contribution in [0.5, 0.6) is 0 Å². The summed E-state index contributed by atoms with van der Waals surface area (Å²) in [5, 5.41) is 14.8. The molecule has 0 unspecified atom stereocenters. The predicted octanol–water partition coefficient (Wildman–Crippen LogP) is 5.77. The highest BCUT2D eigenvalue weighted by Gasteiger charge is 2.47. The molecule has 0 saturated carbocycles. The number of aliphatic hydroxyl groups excluding tert-OH is 1. The number of amides is 3. The number of fused-ring (bicyclic) bond motifs is 1. The average molecular weight is 623 g/mol. The second kappa shape index (κ2) is 10.9. The maximum Gasteiger partial charge on any atom is 0.416 e. The Bertz CT molecular complexity index is 1620. The van der Waals surface area contributed by atoms with Crippen molar-refractivity contribution in [1.82, 2.24) is 19.6 Å². The van der Waals surface area contributed by atoms with Crippen LogP contribution in [0.1, 0.15) is 37.5 Å². The van der Waals surface area contributed by atoms with Gasteiger partial charge in [-0.25, -0.2) is 4.79 Å². The van der Waals surface area contributed by atoms with Crippen molar-refractivity contribution >= 4 is 57.6 Å². The van der Waals surface area contributed by atoms with Crippen molar-refractivity contribution < 1.29 is 37.4 Å². The van der Waals surface area contributed by atoms with Crippen LogP contribution < -0.4 is 0 Å². The van der Waals surface area contributed by atoms with Crippen LogP contribution in [0.3, 0.4) is 0 Å². The van der Waals surface area contributed by atoms with Crippen LogP contribution in [0.25, 0.3) is 17.0 Å². The second-order valence-corrected chi connectivity index (χ2v) is 12.4. The average Bonchev–Trinajstić information content (AvgIpc) is 3.53. The molecule has 1 N–H and O–H groups in total. The van der Waals surface area contributed by atoms with Crippen molar-refractivity contribution in [3.05, 3.63) is 69.2 Å². The Hall–Kier alpha value is -3.55. The lowest BCUT2D eigenvalue weighted by Gasteiger charge is -2.25. The van der Waals surface area contributed by atoms with E-state index in [-0.39, 0.29) is 35.1 Å². The minimum absolute atomic E-state index is 0.00832. The van der Waals surface area contributed by atoms with Gasteiger partial charge < -0.3 is 14.7 Å². The number of hydrogen-bond acceptors (Lipinski definition) is 7. The van der Waals surface area contributed by atoms with Gasteiger partial charge in [0, 0.05) is 17.0 Å². The van der Waals surface area contributed by atoms with Crippen LogP contribution in [0, 0.1) is 0 Å². The van der Waals surface area contributed by atoms with Crippen LogP contribution in [0.4, 0.5) is 22.8 Å². The fourth-order valence-electron chi connectivity index (χ4n) is 4.85. The summed E-state index contributed by atoms with van der Waals surface area (Å²) < 4.78 is 47.4. The van der Waals surface area contributed by atoms with Crippen molar-refractivity contribution in [2.75, 3.05) is 13.1 Å². The number of halogens is 4. The van der Waals surface area contributed by atoms with Crippen molar-refractivity contribution in [3.63, 3.8) is 0 Å². The minimum atomic E-state index is -4.58. The van der Waals surface area contributed by atoms with E-state index in [1.54, 1.807) is 39.0 Å². The lowest BCUT2D eigenvalue weighted by Crippen LogP contribution is -2.46. The van der Waals surface area contributed by atoms with Gasteiger partial charge in [-0.05, 0) is 74.0 Å². The third kappa shape index (κ3) is 6.13. The first-order chi connectivity index (χ1) is 19.6. The number of aromatic nitrogens is 2. The van der Waals surface area contributed by atoms with E-state index in [0.717, 1.165) is 22.7 Å². The molecule has 2 atom stereocenters. The van der Waals surface area contributed by atoms with Crippen LogP contribution >= 0.6 is 23.4 Å². The van der Waals surface area contributed by atoms with E-state index in [1.165, 1.54) is 34.0 Å². The molecule has 2 aliphatic rings. The van der Waals surface area contributed by atoms with Gasteiger partial charge in [-0.2, -0.15) is 18.3 Å². The maximum absolute atomic E-state index is 13.5. The molecule has 0 radical (unpaired) electrons. The zero-order chi connectivity index (χ0) is 30.6. The fourth-order valence-corrected chi connectivity index (χ4v) is 5.91. The summed E-state index contributed by atoms with van der Waals surface area (Å²) in [5.74, 6) is -0.599. The summed E-state index contributed by atoms with van der Waals surface area (Å²) in [4.78, 5) is 40.8. The molecule has 2 aromatic carbocycles. The standard InChI is InChI=1S/C28H26ClF3N4O5S/c1-27(2,3)41-25(39)34-13-21(22(37)14-34)36-24(38)23(42-26(36)40)9-15-4-7-20-17(8-15)11-33-35(20)12-16-5-6-18(29)10-19(16)28(30,31)32/h4-11,21-22,37H,12-14H2,1-3H3/t21-,22-/m1/s1. The monoisotopic (exact) mass is 622 g/mol. The molecule has 2 saturated heterocycles. The second-order valence-electron chi connectivity index (χ2n) is 11.0. The van der Waals surface area contributed by atoms with Crippen LogP contribution in [-0.2, 0) is 22.3 Å². The molecule has 42 heavy (non-hydrogen) atoms. The largest absolute Gasteiger partial charge is 0.444 e. The summed E-state index contributed by atoms with van der Waals surface area (Å²) >= 11 is 6.51. The molecule has 3 amide bonds. The number of carbonyl (C=O) groups is 3. The zero-order valence-corrected chi connectivity index (χ0v) is 24.3. The first-order valence-electron chi connectivity index (χ1n) is 12.8. The Kier molecular flexibility index (Phi) is 7.79. The number of benzene rings is 2. The number of likely N-dealkylation sites (tertiary alicyclic amines) is 1. The highest BCUT2D eigenvalue weighted by molar-refractivity contribution is 8.18. The lowest BCUT2D eigenvalue weighted by atomic mass is 10.1. The molecule has 14 heteroatoms. The molecule has 0 bridgehead atoms. The summed E-state index contributed by atoms with van der Waals surface area (Å²) in [6.07, 6.45) is -3.34. The van der Waals surface area contributed by atoms with E-state index >= 15 is 0 Å². The van der Waals surface area contributed by atoms with Gasteiger partial charge in [-0.3, -0.25) is 19.2 Å². The Balaban J connectivity index is 1.34. The van der Waals surface area contributed by atoms with Gasteiger partial charge in [-0.1, -0.05) is 23.7 Å². The topological polar surface area (TPSA) is 105 Å². The summed E-state index contributed by atoms with van der Waals surface area (Å²) in [5.41, 5.74) is -0.441. The fraction of sp³-hybridized carbons (Fsp3) is 0.357. The molecule has 222 valence electrons. The molecular weight excluding hydrogens is 597 g/mol. The summed E-state index contributed by atoms with van der Waals surface area (Å²) in [6, 6.07) is 7.70. The number of nitrogens with zero attached hydrogens (tertiary/aromatic N) is 4. The number of carbonyl (C=O) groups excluding carboxylic acids is 3. The highest BCUT2D eigenvalue weighted by Crippen LogP contribution is 2.37. The van der Waals surface area contributed by atoms with Gasteiger partial charge in [0.2, 0.25) is 0 Å². The number of rotatable bonds is 4. The molecule has 3 aromatic rings. The summed E-state index contributed by atoms with van der Waals surface area (Å²) in [7, 11) is 0. The zero-order valence-electron chi connectivity index (χ0n) is 22.7. The molecule has 0 spiro atoms. The van der Waals surface area contributed by atoms with E-state index < -0.39 is 46.7 Å². The number of ether oxygens (including phenoxy) is 1. The van der Waals surface area contributed by atoms with Gasteiger partial charge in [0.15, 0.2) is 0 Å². The molecule has 9 nitrogen and oxygen atoms in total. The first-order valence-corrected chi connectivity index (χ1v) is 14.0. The van der Waals surface area contributed by atoms with E-state index in [1.807, 2.05) is 0 Å². The molecule has 1 aromatic heterocycles. The number of aliphatic hydroxyl groups is 1. The van der Waals surface area contributed by atoms with Crippen molar-refractivity contribution in [2.45, 2.75) is 51.2 Å². The number of β-amino-alcohol motifs (C(OH)–C–C–N with tert-alkyl or cyclic N) is 1. The maximum atomic E-state index is 13.5. The van der Waals surface area contributed by atoms with Crippen LogP contribution in [0.15, 0.2) is 47.5 Å². The predicted molar refractivity (Wildman–Crippen MR) is 151 cm³/mol. The number of alkyl halides is 3. The number of imide groups is 1. The van der Waals surface area contributed by atoms with E-state index in [4.69, 9.17) is 16.3 Å². The molecule has 3 heterocycles. The third-order valence-electron chi connectivity index (χ3n) is 6.73. The highest BCUT2D eigenvalue weighted by atomic mass is 35.5. The lowest BCUT2D eigenvalue weighted by molar-refractivity contribution is -0.138. The van der Waals surface area contributed by atoms with Crippen LogP contribution in [-0.4, -0.2) is 72.8 Å². The van der Waals surface area contributed by atoms with Gasteiger partial charge in [0.05, 0.1) is 47.4 Å². The Morgan fingerprint density at radius 3 is 2.60 bits per heavy atom. The van der Waals surface area contributed by atoms with Crippen LogP contribution in [0.2, 0.25) is 5.02 Å². The number of hydrogen-bond donors (Lipinski definition) is 1. The minimum Gasteiger partial charge on any atom is -0.444 e. The Morgan fingerprint density at radius 1 is 1.17 bits per heavy atom. The normalized spacial score (nSPS) is 20.8. The number of thioether (sulfide) groups is 1. The van der Waals surface area contributed by atoms with Gasteiger partial charge >= 0.3 is 12.3 Å². The van der Waals surface area contributed by atoms with Crippen molar-refractivity contribution in [1.29, 1.82) is 0 Å². The molecule has 2 fully saturated rings. The van der Waals surface area contributed by atoms with E-state index in [2.05, 4.69) is 5.10 Å². The SMILES string of the molecule is CC(C)(C)OC(=O)N1C[C@@H](O)[C@H](N2C(=O)SC(=Cc3ccc4c(cnn4Cc4ccc(Cl)cc4C(F)(F)F)c3)C2=O)C1. The van der Waals surface area contributed by atoms with Crippen molar-refractivity contribution in [3.8, 4) is 0 Å². The molecule has 0 aliphatic carbocycles. The smallest absolute Gasteiger partial charge is 0.416 e. The van der Waals surface area contributed by atoms with E-state index in [0.29, 0.717) is 16.5 Å². The molecule has 2 aliphatic heterocycles. The summed E-state index contributed by atoms with van der Waals surface area (Å²) in [6.45, 7) is 4.85. The molecule has 5 rings (SSSR count). The quantitative estimate of drug-likeness (QED) is 0.368. The van der Waals surface area contributed by atoms with Gasteiger partial charge in [-0.15, -0.1) is 0 Å². The van der Waals surface area contributed by atoms with Gasteiger partial charge in [0.1, 0.15) is 5.60 Å². The molecular formula is C28H26ClF3N4O5S. The van der Waals surface area contributed by atoms with Gasteiger partial charge in [0.25, 0.3) is 11.1 Å². The first kappa shape index (κ1) is 29.9. The van der Waals surface area contributed by atoms with E-state index in [9.17, 15) is 32.7 Å². The Labute approximate surface area is 247 Å².